The molecule has 0 heterocycles. The summed E-state index contributed by atoms with van der Waals surface area (Å²) in [5, 5.41) is 10.1. The van der Waals surface area contributed by atoms with Gasteiger partial charge in [-0.15, -0.1) is 0 Å². The Hall–Kier alpha value is -6.76. The van der Waals surface area contributed by atoms with E-state index in [0.717, 1.165) is 0 Å². The van der Waals surface area contributed by atoms with Crippen LogP contribution >= 0.6 is 0 Å². The number of hydrogen-bond acceptors (Lipinski definition) is 0. The van der Waals surface area contributed by atoms with Gasteiger partial charge in [-0.1, -0.05) is 200 Å². The van der Waals surface area contributed by atoms with Crippen LogP contribution in [-0.2, 0) is 0 Å². The molecule has 0 fully saturated rings. The Morgan fingerprint density at radius 1 is 0.192 bits per heavy atom. The van der Waals surface area contributed by atoms with Crippen LogP contribution in [-0.4, -0.2) is 0 Å². The zero-order valence-corrected chi connectivity index (χ0v) is 28.6. The molecule has 0 heteroatoms. The van der Waals surface area contributed by atoms with E-state index in [9.17, 15) is 0 Å². The van der Waals surface area contributed by atoms with E-state index in [1.807, 2.05) is 0 Å². The molecule has 0 nitrogen and oxygen atoms in total. The topological polar surface area (TPSA) is 0 Å². The monoisotopic (exact) mass is 658 g/mol. The van der Waals surface area contributed by atoms with E-state index in [2.05, 4.69) is 206 Å². The highest BCUT2D eigenvalue weighted by Gasteiger charge is 2.19. The Morgan fingerprint density at radius 3 is 1.35 bits per heavy atom. The van der Waals surface area contributed by atoms with Gasteiger partial charge >= 0.3 is 0 Å². The minimum absolute atomic E-state index is 1.21. The average molecular weight is 659 g/mol. The van der Waals surface area contributed by atoms with Gasteiger partial charge in [0.15, 0.2) is 0 Å². The van der Waals surface area contributed by atoms with Crippen LogP contribution in [0.2, 0.25) is 0 Å². The Morgan fingerprint density at radius 2 is 0.635 bits per heavy atom. The third-order valence-corrected chi connectivity index (χ3v) is 10.7. The van der Waals surface area contributed by atoms with Gasteiger partial charge in [0.1, 0.15) is 0 Å². The largest absolute Gasteiger partial charge is 0.0622 e. The van der Waals surface area contributed by atoms with Gasteiger partial charge in [-0.25, -0.2) is 0 Å². The van der Waals surface area contributed by atoms with Gasteiger partial charge < -0.3 is 0 Å². The Bertz CT molecular complexity index is 2910. The van der Waals surface area contributed by atoms with Crippen molar-refractivity contribution < 1.29 is 0 Å². The van der Waals surface area contributed by atoms with Gasteiger partial charge in [0.25, 0.3) is 0 Å². The molecular weight excluding hydrogens is 625 g/mol. The summed E-state index contributed by atoms with van der Waals surface area (Å²) in [6, 6.07) is 75.5. The van der Waals surface area contributed by atoms with E-state index < -0.39 is 0 Å². The summed E-state index contributed by atoms with van der Waals surface area (Å²) in [6.07, 6.45) is 0. The standard InChI is InChI=1S/C52H34/c1-3-14-35(15-4-1)36-28-30-38(31-29-36)41-23-12-26-45-43(24-13-25-44(41)45)40-32-33-49-50(34-40)52(46-27-11-19-37-16-7-8-20-42(37)46)48-22-10-9-21-47(48)51(49)39-17-5-2-6-18-39/h1-34H. The highest BCUT2D eigenvalue weighted by atomic mass is 14.2. The first-order chi connectivity index (χ1) is 25.8. The lowest BCUT2D eigenvalue weighted by molar-refractivity contribution is 1.60. The van der Waals surface area contributed by atoms with Crippen molar-refractivity contribution in [1.82, 2.24) is 0 Å². The Labute approximate surface area is 303 Å². The normalized spacial score (nSPS) is 11.5. The van der Waals surface area contributed by atoms with E-state index in [4.69, 9.17) is 0 Å². The first kappa shape index (κ1) is 30.1. The smallest absolute Gasteiger partial charge is 0.00199 e. The molecule has 242 valence electrons. The zero-order chi connectivity index (χ0) is 34.4. The van der Waals surface area contributed by atoms with Crippen molar-refractivity contribution in [3.63, 3.8) is 0 Å². The molecule has 0 amide bonds. The summed E-state index contributed by atoms with van der Waals surface area (Å²) in [5.41, 5.74) is 12.4. The van der Waals surface area contributed by atoms with Gasteiger partial charge in [0.2, 0.25) is 0 Å². The lowest BCUT2D eigenvalue weighted by Crippen LogP contribution is -1.93. The third-order valence-electron chi connectivity index (χ3n) is 10.7. The second-order valence-corrected chi connectivity index (χ2v) is 13.6. The molecule has 10 aromatic carbocycles. The summed E-state index contributed by atoms with van der Waals surface area (Å²) in [5.74, 6) is 0. The maximum Gasteiger partial charge on any atom is -0.00199 e. The van der Waals surface area contributed by atoms with Gasteiger partial charge in [0, 0.05) is 0 Å². The van der Waals surface area contributed by atoms with Crippen molar-refractivity contribution in [3.05, 3.63) is 206 Å². The second-order valence-electron chi connectivity index (χ2n) is 13.6. The maximum atomic E-state index is 2.45. The first-order valence-electron chi connectivity index (χ1n) is 18.0. The summed E-state index contributed by atoms with van der Waals surface area (Å²) in [4.78, 5) is 0. The molecule has 0 radical (unpaired) electrons. The molecule has 10 rings (SSSR count). The van der Waals surface area contributed by atoms with Crippen LogP contribution in [0.1, 0.15) is 0 Å². The van der Waals surface area contributed by atoms with Crippen molar-refractivity contribution in [2.45, 2.75) is 0 Å². The zero-order valence-electron chi connectivity index (χ0n) is 28.6. The van der Waals surface area contributed by atoms with Crippen molar-refractivity contribution in [3.8, 4) is 55.6 Å². The SMILES string of the molecule is c1ccc(-c2ccc(-c3cccc4c(-c5ccc6c(-c7ccccc7)c7ccccc7c(-c7cccc8ccccc78)c6c5)cccc34)cc2)cc1. The highest BCUT2D eigenvalue weighted by Crippen LogP contribution is 2.47. The molecule has 0 bridgehead atoms. The molecule has 0 aliphatic heterocycles. The average Bonchev–Trinajstić information content (AvgIpc) is 3.23. The van der Waals surface area contributed by atoms with Crippen LogP contribution in [0.25, 0.3) is 98.7 Å². The fourth-order valence-corrected chi connectivity index (χ4v) is 8.28. The van der Waals surface area contributed by atoms with E-state index in [1.165, 1.54) is 98.7 Å². The Kier molecular flexibility index (Phi) is 7.25. The quantitative estimate of drug-likeness (QED) is 0.161. The van der Waals surface area contributed by atoms with Gasteiger partial charge in [0.05, 0.1) is 0 Å². The summed E-state index contributed by atoms with van der Waals surface area (Å²) >= 11 is 0. The van der Waals surface area contributed by atoms with Crippen LogP contribution in [0.15, 0.2) is 206 Å². The second kappa shape index (κ2) is 12.5. The molecule has 0 saturated heterocycles. The molecule has 0 aliphatic rings. The molecular formula is C52H34. The van der Waals surface area contributed by atoms with Gasteiger partial charge in [-0.3, -0.25) is 0 Å². The molecule has 0 saturated carbocycles. The predicted molar refractivity (Wildman–Crippen MR) is 224 cm³/mol. The fraction of sp³-hybridized carbons (Fsp3) is 0. The van der Waals surface area contributed by atoms with Crippen LogP contribution in [0.4, 0.5) is 0 Å². The summed E-state index contributed by atoms with van der Waals surface area (Å²) < 4.78 is 0. The van der Waals surface area contributed by atoms with Gasteiger partial charge in [-0.2, -0.15) is 0 Å². The molecule has 0 spiro atoms. The maximum absolute atomic E-state index is 2.45. The molecule has 0 atom stereocenters. The lowest BCUT2D eigenvalue weighted by Gasteiger charge is -2.20. The van der Waals surface area contributed by atoms with Crippen molar-refractivity contribution in [1.29, 1.82) is 0 Å². The molecule has 0 aliphatic carbocycles. The fourth-order valence-electron chi connectivity index (χ4n) is 8.28. The minimum atomic E-state index is 1.21. The Balaban J connectivity index is 1.22. The van der Waals surface area contributed by atoms with Crippen molar-refractivity contribution in [2.75, 3.05) is 0 Å². The van der Waals surface area contributed by atoms with Crippen LogP contribution in [0.5, 0.6) is 0 Å². The number of hydrogen-bond donors (Lipinski definition) is 0. The van der Waals surface area contributed by atoms with E-state index in [0.29, 0.717) is 0 Å². The van der Waals surface area contributed by atoms with Crippen molar-refractivity contribution >= 4 is 43.1 Å². The van der Waals surface area contributed by atoms with Crippen molar-refractivity contribution in [2.24, 2.45) is 0 Å². The first-order valence-corrected chi connectivity index (χ1v) is 18.0. The predicted octanol–water partition coefficient (Wildman–Crippen LogP) is 14.6. The number of fused-ring (bicyclic) bond motifs is 4. The highest BCUT2D eigenvalue weighted by molar-refractivity contribution is 6.24. The summed E-state index contributed by atoms with van der Waals surface area (Å²) in [6.45, 7) is 0. The molecule has 0 N–H and O–H groups in total. The number of rotatable bonds is 5. The van der Waals surface area contributed by atoms with E-state index in [1.54, 1.807) is 0 Å². The molecule has 10 aromatic rings. The number of benzene rings is 10. The molecule has 0 aromatic heterocycles. The van der Waals surface area contributed by atoms with Gasteiger partial charge in [-0.05, 0) is 105 Å². The lowest BCUT2D eigenvalue weighted by atomic mass is 9.83. The van der Waals surface area contributed by atoms with E-state index >= 15 is 0 Å². The third kappa shape index (κ3) is 5.00. The van der Waals surface area contributed by atoms with E-state index in [-0.39, 0.29) is 0 Å². The molecule has 52 heavy (non-hydrogen) atoms. The van der Waals surface area contributed by atoms with Crippen LogP contribution < -0.4 is 0 Å². The summed E-state index contributed by atoms with van der Waals surface area (Å²) in [7, 11) is 0. The van der Waals surface area contributed by atoms with Crippen LogP contribution in [0, 0.1) is 0 Å². The van der Waals surface area contributed by atoms with Crippen LogP contribution in [0.3, 0.4) is 0 Å². The minimum Gasteiger partial charge on any atom is -0.0622 e. The molecule has 0 unspecified atom stereocenters.